The Morgan fingerprint density at radius 3 is 2.85 bits per heavy atom. The van der Waals surface area contributed by atoms with Gasteiger partial charge in [-0.1, -0.05) is 11.6 Å². The zero-order chi connectivity index (χ0) is 9.84. The van der Waals surface area contributed by atoms with Crippen LogP contribution in [-0.2, 0) is 11.3 Å². The minimum Gasteiger partial charge on any atom is -0.506 e. The number of halogens is 1. The van der Waals surface area contributed by atoms with Crippen LogP contribution in [0.4, 0.5) is 5.69 Å². The first-order valence-electron chi connectivity index (χ1n) is 3.99. The molecule has 0 fully saturated rings. The van der Waals surface area contributed by atoms with Crippen molar-refractivity contribution in [3.8, 4) is 5.75 Å². The molecule has 0 aliphatic carbocycles. The molecule has 1 aromatic rings. The van der Waals surface area contributed by atoms with E-state index in [9.17, 15) is 5.11 Å². The predicted molar refractivity (Wildman–Crippen MR) is 52.9 cm³/mol. The number of phenols is 1. The van der Waals surface area contributed by atoms with Crippen LogP contribution >= 0.6 is 11.6 Å². The number of phenolic OH excluding ortho intramolecular Hbond substituents is 1. The van der Waals surface area contributed by atoms with E-state index in [2.05, 4.69) is 0 Å². The zero-order valence-corrected chi connectivity index (χ0v) is 8.14. The van der Waals surface area contributed by atoms with Crippen LogP contribution in [0, 0.1) is 0 Å². The molecule has 0 saturated carbocycles. The van der Waals surface area contributed by atoms with E-state index in [1.807, 2.05) is 6.92 Å². The lowest BCUT2D eigenvalue weighted by Gasteiger charge is -2.07. The highest BCUT2D eigenvalue weighted by molar-refractivity contribution is 6.32. The van der Waals surface area contributed by atoms with E-state index in [0.717, 1.165) is 0 Å². The van der Waals surface area contributed by atoms with Crippen LogP contribution in [0.3, 0.4) is 0 Å². The lowest BCUT2D eigenvalue weighted by molar-refractivity contribution is 0.132. The summed E-state index contributed by atoms with van der Waals surface area (Å²) in [5.74, 6) is 0.0457. The molecule has 1 rings (SSSR count). The van der Waals surface area contributed by atoms with Crippen LogP contribution in [0.2, 0.25) is 5.02 Å². The van der Waals surface area contributed by atoms with Crippen molar-refractivity contribution >= 4 is 17.3 Å². The Morgan fingerprint density at radius 1 is 1.54 bits per heavy atom. The molecule has 0 atom stereocenters. The molecule has 0 radical (unpaired) electrons. The minimum atomic E-state index is 0.0457. The van der Waals surface area contributed by atoms with Crippen molar-refractivity contribution in [2.75, 3.05) is 12.3 Å². The van der Waals surface area contributed by atoms with E-state index in [1.165, 1.54) is 6.07 Å². The summed E-state index contributed by atoms with van der Waals surface area (Å²) in [5.41, 5.74) is 6.69. The minimum absolute atomic E-state index is 0.0457. The summed E-state index contributed by atoms with van der Waals surface area (Å²) < 4.78 is 5.14. The molecule has 0 unspecified atom stereocenters. The second-order valence-electron chi connectivity index (χ2n) is 2.65. The average Bonchev–Trinajstić information content (AvgIpc) is 2.09. The second kappa shape index (κ2) is 4.35. The number of benzene rings is 1. The van der Waals surface area contributed by atoms with Crippen molar-refractivity contribution in [1.29, 1.82) is 0 Å². The number of nitrogens with two attached hydrogens (primary N) is 1. The first-order valence-corrected chi connectivity index (χ1v) is 4.37. The van der Waals surface area contributed by atoms with Gasteiger partial charge in [-0.3, -0.25) is 0 Å². The highest BCUT2D eigenvalue weighted by Gasteiger charge is 2.06. The quantitative estimate of drug-likeness (QED) is 0.582. The number of hydrogen-bond acceptors (Lipinski definition) is 3. The first-order chi connectivity index (χ1) is 6.15. The van der Waals surface area contributed by atoms with Crippen LogP contribution in [0.15, 0.2) is 12.1 Å². The Kier molecular flexibility index (Phi) is 3.39. The molecule has 0 aliphatic rings. The molecule has 3 nitrogen and oxygen atoms in total. The van der Waals surface area contributed by atoms with E-state index in [1.54, 1.807) is 6.07 Å². The maximum atomic E-state index is 9.48. The lowest BCUT2D eigenvalue weighted by Crippen LogP contribution is -1.95. The van der Waals surface area contributed by atoms with Gasteiger partial charge in [0.1, 0.15) is 5.75 Å². The van der Waals surface area contributed by atoms with E-state index in [-0.39, 0.29) is 10.8 Å². The predicted octanol–water partition coefficient (Wildman–Crippen LogP) is 2.16. The van der Waals surface area contributed by atoms with Gasteiger partial charge in [0.25, 0.3) is 0 Å². The molecule has 72 valence electrons. The standard InChI is InChI=1S/C9H12ClNO2/c1-2-13-5-6-3-7(11)4-8(10)9(6)12/h3-4,12H,2,5,11H2,1H3. The van der Waals surface area contributed by atoms with Gasteiger partial charge in [-0.25, -0.2) is 0 Å². The Bertz CT molecular complexity index is 302. The molecular formula is C9H12ClNO2. The summed E-state index contributed by atoms with van der Waals surface area (Å²) in [6.45, 7) is 2.80. The third-order valence-corrected chi connectivity index (χ3v) is 1.91. The Hall–Kier alpha value is -0.930. The number of ether oxygens (including phenoxy) is 1. The molecule has 0 bridgehead atoms. The number of nitrogen functional groups attached to an aromatic ring is 1. The molecule has 1 aromatic carbocycles. The third-order valence-electron chi connectivity index (χ3n) is 1.63. The summed E-state index contributed by atoms with van der Waals surface area (Å²) in [6.07, 6.45) is 0. The molecule has 3 N–H and O–H groups in total. The van der Waals surface area contributed by atoms with Crippen LogP contribution in [0.1, 0.15) is 12.5 Å². The zero-order valence-electron chi connectivity index (χ0n) is 7.38. The Balaban J connectivity index is 2.92. The van der Waals surface area contributed by atoms with Gasteiger partial charge < -0.3 is 15.6 Å². The van der Waals surface area contributed by atoms with Gasteiger partial charge in [0.2, 0.25) is 0 Å². The fraction of sp³-hybridized carbons (Fsp3) is 0.333. The molecule has 0 saturated heterocycles. The normalized spacial score (nSPS) is 10.3. The molecule has 0 aliphatic heterocycles. The number of hydrogen-bond donors (Lipinski definition) is 2. The van der Waals surface area contributed by atoms with Gasteiger partial charge in [-0.2, -0.15) is 0 Å². The highest BCUT2D eigenvalue weighted by Crippen LogP contribution is 2.30. The van der Waals surface area contributed by atoms with E-state index < -0.39 is 0 Å². The maximum Gasteiger partial charge on any atom is 0.139 e. The van der Waals surface area contributed by atoms with Crippen molar-refractivity contribution in [3.63, 3.8) is 0 Å². The summed E-state index contributed by atoms with van der Waals surface area (Å²) in [4.78, 5) is 0. The van der Waals surface area contributed by atoms with Gasteiger partial charge in [0.15, 0.2) is 0 Å². The van der Waals surface area contributed by atoms with Crippen LogP contribution in [-0.4, -0.2) is 11.7 Å². The van der Waals surface area contributed by atoms with Gasteiger partial charge >= 0.3 is 0 Å². The molecule has 0 spiro atoms. The van der Waals surface area contributed by atoms with E-state index >= 15 is 0 Å². The van der Waals surface area contributed by atoms with Gasteiger partial charge in [0, 0.05) is 17.9 Å². The van der Waals surface area contributed by atoms with Crippen LogP contribution < -0.4 is 5.73 Å². The molecule has 0 heterocycles. The highest BCUT2D eigenvalue weighted by atomic mass is 35.5. The van der Waals surface area contributed by atoms with Crippen molar-refractivity contribution < 1.29 is 9.84 Å². The topological polar surface area (TPSA) is 55.5 Å². The van der Waals surface area contributed by atoms with Crippen molar-refractivity contribution in [2.45, 2.75) is 13.5 Å². The third kappa shape index (κ3) is 2.50. The van der Waals surface area contributed by atoms with Gasteiger partial charge in [0.05, 0.1) is 11.6 Å². The van der Waals surface area contributed by atoms with Crippen molar-refractivity contribution in [1.82, 2.24) is 0 Å². The number of rotatable bonds is 3. The Morgan fingerprint density at radius 2 is 2.23 bits per heavy atom. The monoisotopic (exact) mass is 201 g/mol. The molecule has 0 amide bonds. The Labute approximate surface area is 82.1 Å². The first kappa shape index (κ1) is 10.2. The fourth-order valence-corrected chi connectivity index (χ4v) is 1.25. The lowest BCUT2D eigenvalue weighted by atomic mass is 10.2. The second-order valence-corrected chi connectivity index (χ2v) is 3.05. The van der Waals surface area contributed by atoms with E-state index in [4.69, 9.17) is 22.1 Å². The van der Waals surface area contributed by atoms with Gasteiger partial charge in [-0.15, -0.1) is 0 Å². The van der Waals surface area contributed by atoms with Crippen molar-refractivity contribution in [3.05, 3.63) is 22.7 Å². The number of anilines is 1. The molecule has 4 heteroatoms. The molecular weight excluding hydrogens is 190 g/mol. The van der Waals surface area contributed by atoms with E-state index in [0.29, 0.717) is 24.5 Å². The van der Waals surface area contributed by atoms with Crippen molar-refractivity contribution in [2.24, 2.45) is 0 Å². The summed E-state index contributed by atoms with van der Waals surface area (Å²) in [7, 11) is 0. The summed E-state index contributed by atoms with van der Waals surface area (Å²) in [6, 6.07) is 3.16. The average molecular weight is 202 g/mol. The SMILES string of the molecule is CCOCc1cc(N)cc(Cl)c1O. The fourth-order valence-electron chi connectivity index (χ4n) is 1.00. The van der Waals surface area contributed by atoms with Crippen LogP contribution in [0.25, 0.3) is 0 Å². The maximum absolute atomic E-state index is 9.48. The number of aromatic hydroxyl groups is 1. The van der Waals surface area contributed by atoms with Crippen LogP contribution in [0.5, 0.6) is 5.75 Å². The summed E-state index contributed by atoms with van der Waals surface area (Å²) >= 11 is 5.71. The largest absolute Gasteiger partial charge is 0.506 e. The molecule has 13 heavy (non-hydrogen) atoms. The summed E-state index contributed by atoms with van der Waals surface area (Å²) in [5, 5.41) is 9.74. The van der Waals surface area contributed by atoms with Gasteiger partial charge in [-0.05, 0) is 19.1 Å². The smallest absolute Gasteiger partial charge is 0.139 e. The molecule has 0 aromatic heterocycles.